The molecule has 0 heterocycles. The van der Waals surface area contributed by atoms with Crippen molar-refractivity contribution in [2.75, 3.05) is 27.4 Å². The quantitative estimate of drug-likeness (QED) is 0.0622. The van der Waals surface area contributed by atoms with E-state index in [0.29, 0.717) is 18.4 Å². The van der Waals surface area contributed by atoms with Gasteiger partial charge in [-0.1, -0.05) is 6.58 Å². The number of carbonyl (C=O) groups excluding carboxylic acids is 5. The van der Waals surface area contributed by atoms with Gasteiger partial charge in [-0.05, 0) is 92.1 Å². The summed E-state index contributed by atoms with van der Waals surface area (Å²) >= 11 is 0. The van der Waals surface area contributed by atoms with E-state index in [2.05, 4.69) is 11.3 Å². The summed E-state index contributed by atoms with van der Waals surface area (Å²) in [6.07, 6.45) is 1.13. The van der Waals surface area contributed by atoms with Crippen LogP contribution in [0.25, 0.3) is 0 Å². The molecule has 0 aliphatic heterocycles. The maximum Gasteiger partial charge on any atom is 0.513 e. The summed E-state index contributed by atoms with van der Waals surface area (Å²) < 4.78 is 34.6. The number of esters is 3. The van der Waals surface area contributed by atoms with E-state index in [9.17, 15) is 24.0 Å². The molecule has 44 heavy (non-hydrogen) atoms. The fraction of sp³-hybridized carbons (Fsp3) is 0.219. The van der Waals surface area contributed by atoms with E-state index in [4.69, 9.17) is 28.4 Å². The molecule has 0 amide bonds. The average Bonchev–Trinajstić information content (AvgIpc) is 3.01. The number of unbranched alkanes of at least 4 members (excludes halogenated alkanes) is 1. The summed E-state index contributed by atoms with van der Waals surface area (Å²) in [5.41, 5.74) is 1.00. The number of methoxy groups -OCH3 is 1. The lowest BCUT2D eigenvalue weighted by Gasteiger charge is -2.10. The lowest BCUT2D eigenvalue weighted by Crippen LogP contribution is -2.13. The summed E-state index contributed by atoms with van der Waals surface area (Å²) in [5.74, 6) is -0.834. The summed E-state index contributed by atoms with van der Waals surface area (Å²) in [5, 5.41) is 0. The lowest BCUT2D eigenvalue weighted by molar-refractivity contribution is -0.137. The van der Waals surface area contributed by atoms with Gasteiger partial charge in [0.05, 0.1) is 24.3 Å². The normalized spacial score (nSPS) is 9.80. The third-order valence-corrected chi connectivity index (χ3v) is 5.29. The van der Waals surface area contributed by atoms with Crippen LogP contribution in [0, 0.1) is 6.92 Å². The molecule has 0 saturated heterocycles. The zero-order chi connectivity index (χ0) is 32.3. The molecule has 0 aromatic heterocycles. The molecule has 0 unspecified atom stereocenters. The Morgan fingerprint density at radius 1 is 0.705 bits per heavy atom. The van der Waals surface area contributed by atoms with E-state index < -0.39 is 24.1 Å². The van der Waals surface area contributed by atoms with Gasteiger partial charge >= 0.3 is 24.1 Å². The Kier molecular flexibility index (Phi) is 14.9. The third-order valence-electron chi connectivity index (χ3n) is 5.29. The van der Waals surface area contributed by atoms with Gasteiger partial charge in [-0.2, -0.15) is 0 Å². The first-order chi connectivity index (χ1) is 21.2. The molecule has 3 aromatic rings. The first kappa shape index (κ1) is 34.7. The molecule has 0 spiro atoms. The van der Waals surface area contributed by atoms with Gasteiger partial charge in [0.25, 0.3) is 6.47 Å². The van der Waals surface area contributed by atoms with Crippen LogP contribution >= 0.6 is 0 Å². The van der Waals surface area contributed by atoms with E-state index in [0.717, 1.165) is 6.08 Å². The molecule has 0 aliphatic carbocycles. The number of aryl methyl sites for hydroxylation is 1. The number of benzene rings is 3. The summed E-state index contributed by atoms with van der Waals surface area (Å²) in [6.45, 7) is 5.53. The Bertz CT molecular complexity index is 1410. The molecule has 12 nitrogen and oxygen atoms in total. The maximum atomic E-state index is 12.6. The smallest absolute Gasteiger partial charge is 0.463 e. The number of ether oxygens (including phenoxy) is 7. The van der Waals surface area contributed by atoms with E-state index in [1.54, 1.807) is 27.2 Å². The molecule has 0 fully saturated rings. The zero-order valence-corrected chi connectivity index (χ0v) is 24.4. The number of hydrogen-bond donors (Lipinski definition) is 0. The highest BCUT2D eigenvalue weighted by molar-refractivity contribution is 5.92. The second-order valence-corrected chi connectivity index (χ2v) is 8.66. The molecule has 0 radical (unpaired) electrons. The monoisotopic (exact) mass is 608 g/mol. The second-order valence-electron chi connectivity index (χ2n) is 8.66. The van der Waals surface area contributed by atoms with Crippen molar-refractivity contribution in [2.24, 2.45) is 0 Å². The van der Waals surface area contributed by atoms with Crippen molar-refractivity contribution in [3.05, 3.63) is 96.1 Å². The van der Waals surface area contributed by atoms with Crippen LogP contribution in [0.2, 0.25) is 0 Å². The molecule has 0 bridgehead atoms. The van der Waals surface area contributed by atoms with Gasteiger partial charge in [0.15, 0.2) is 0 Å². The summed E-state index contributed by atoms with van der Waals surface area (Å²) in [6, 6.07) is 16.0. The van der Waals surface area contributed by atoms with Crippen LogP contribution in [0.1, 0.15) is 39.1 Å². The van der Waals surface area contributed by atoms with Gasteiger partial charge in [-0.25, -0.2) is 19.2 Å². The first-order valence-corrected chi connectivity index (χ1v) is 13.1. The Hall–Kier alpha value is -5.49. The lowest BCUT2D eigenvalue weighted by atomic mass is 10.2. The van der Waals surface area contributed by atoms with Gasteiger partial charge in [-0.3, -0.25) is 4.79 Å². The van der Waals surface area contributed by atoms with E-state index in [1.165, 1.54) is 60.7 Å². The van der Waals surface area contributed by atoms with E-state index in [-0.39, 0.29) is 53.8 Å². The van der Waals surface area contributed by atoms with Crippen LogP contribution in [-0.4, -0.2) is 58.0 Å². The SMILES string of the molecule is C=CC(=O)OCCCCOC(=O)Oc1ccc(C(=O)Oc2ccc(OC(=O)c3ccc(OC=O)cc3)c(C)c2)cc1.COC. The van der Waals surface area contributed by atoms with Gasteiger partial charge in [0, 0.05) is 20.3 Å². The average molecular weight is 609 g/mol. The fourth-order valence-corrected chi connectivity index (χ4v) is 3.23. The van der Waals surface area contributed by atoms with Gasteiger partial charge in [-0.15, -0.1) is 0 Å². The highest BCUT2D eigenvalue weighted by Crippen LogP contribution is 2.25. The fourth-order valence-electron chi connectivity index (χ4n) is 3.23. The van der Waals surface area contributed by atoms with Crippen LogP contribution < -0.4 is 18.9 Å². The summed E-state index contributed by atoms with van der Waals surface area (Å²) in [7, 11) is 3.25. The Labute approximate surface area is 254 Å². The molecule has 12 heteroatoms. The topological polar surface area (TPSA) is 150 Å². The Morgan fingerprint density at radius 3 is 1.77 bits per heavy atom. The predicted octanol–water partition coefficient (Wildman–Crippen LogP) is 5.26. The van der Waals surface area contributed by atoms with Crippen molar-refractivity contribution < 1.29 is 57.1 Å². The minimum absolute atomic E-state index is 0.0806. The van der Waals surface area contributed by atoms with Gasteiger partial charge in [0.2, 0.25) is 0 Å². The van der Waals surface area contributed by atoms with Crippen molar-refractivity contribution in [1.29, 1.82) is 0 Å². The maximum absolute atomic E-state index is 12.6. The molecular weight excluding hydrogens is 576 g/mol. The molecular formula is C32H32O12. The Balaban J connectivity index is 0.00000216. The number of carbonyl (C=O) groups is 5. The first-order valence-electron chi connectivity index (χ1n) is 13.1. The van der Waals surface area contributed by atoms with Gasteiger partial charge < -0.3 is 33.2 Å². The van der Waals surface area contributed by atoms with Crippen molar-refractivity contribution in [3.8, 4) is 23.0 Å². The highest BCUT2D eigenvalue weighted by atomic mass is 16.7. The van der Waals surface area contributed by atoms with Crippen LogP contribution in [0.15, 0.2) is 79.4 Å². The standard InChI is InChI=1S/C30H26O11.C2H6O/c1-3-27(32)36-16-4-5-17-37-30(35)40-24-12-8-21(9-13-24)28(33)39-25-14-15-26(20(2)18-25)41-29(34)22-6-10-23(11-7-22)38-19-31;1-3-2/h3,6-15,18-19H,1,4-5,16-17H2,2H3;1-2H3. The second kappa shape index (κ2) is 18.8. The molecule has 0 atom stereocenters. The van der Waals surface area contributed by atoms with Crippen molar-refractivity contribution in [1.82, 2.24) is 0 Å². The van der Waals surface area contributed by atoms with Gasteiger partial charge in [0.1, 0.15) is 23.0 Å². The third kappa shape index (κ3) is 12.2. The van der Waals surface area contributed by atoms with Crippen molar-refractivity contribution in [2.45, 2.75) is 19.8 Å². The largest absolute Gasteiger partial charge is 0.513 e. The number of rotatable bonds is 13. The Morgan fingerprint density at radius 2 is 1.23 bits per heavy atom. The predicted molar refractivity (Wildman–Crippen MR) is 156 cm³/mol. The van der Waals surface area contributed by atoms with Crippen LogP contribution in [-0.2, 0) is 23.8 Å². The molecule has 0 saturated carbocycles. The molecule has 0 aliphatic rings. The van der Waals surface area contributed by atoms with Crippen molar-refractivity contribution >= 4 is 30.5 Å². The number of hydrogen-bond acceptors (Lipinski definition) is 12. The molecule has 3 rings (SSSR count). The highest BCUT2D eigenvalue weighted by Gasteiger charge is 2.14. The van der Waals surface area contributed by atoms with Crippen LogP contribution in [0.3, 0.4) is 0 Å². The van der Waals surface area contributed by atoms with Crippen molar-refractivity contribution in [3.63, 3.8) is 0 Å². The summed E-state index contributed by atoms with van der Waals surface area (Å²) in [4.78, 5) is 58.1. The van der Waals surface area contributed by atoms with E-state index in [1.807, 2.05) is 0 Å². The molecule has 3 aromatic carbocycles. The molecule has 0 N–H and O–H groups in total. The van der Waals surface area contributed by atoms with Crippen LogP contribution in [0.4, 0.5) is 4.79 Å². The minimum atomic E-state index is -0.913. The van der Waals surface area contributed by atoms with E-state index >= 15 is 0 Å². The molecule has 232 valence electrons. The zero-order valence-electron chi connectivity index (χ0n) is 24.4. The van der Waals surface area contributed by atoms with Crippen LogP contribution in [0.5, 0.6) is 23.0 Å². The minimum Gasteiger partial charge on any atom is -0.463 e.